The number of benzene rings is 1. The maximum atomic E-state index is 12.2. The summed E-state index contributed by atoms with van der Waals surface area (Å²) in [5.41, 5.74) is -0.349. The van der Waals surface area contributed by atoms with Crippen LogP contribution in [0.2, 0.25) is 0 Å². The number of hydrogen-bond donors (Lipinski definition) is 3. The van der Waals surface area contributed by atoms with E-state index in [-0.39, 0.29) is 16.7 Å². The van der Waals surface area contributed by atoms with E-state index >= 15 is 0 Å². The number of aromatic amines is 1. The zero-order valence-corrected chi connectivity index (χ0v) is 13.6. The average molecular weight is 342 g/mol. The maximum Gasteiger partial charge on any atom is 0.277 e. The Kier molecular flexibility index (Phi) is 5.76. The highest BCUT2D eigenvalue weighted by Gasteiger charge is 2.16. The first-order valence-electron chi connectivity index (χ1n) is 6.86. The van der Waals surface area contributed by atoms with E-state index in [0.717, 1.165) is 11.8 Å². The molecule has 2 amide bonds. The van der Waals surface area contributed by atoms with Gasteiger partial charge in [0.25, 0.3) is 11.5 Å². The molecule has 0 aliphatic carbocycles. The first kappa shape index (κ1) is 17.3. The Morgan fingerprint density at radius 1 is 1.29 bits per heavy atom. The van der Waals surface area contributed by atoms with Crippen molar-refractivity contribution in [3.05, 3.63) is 46.2 Å². The minimum absolute atomic E-state index is 0.0324. The largest absolute Gasteiger partial charge is 0.314 e. The summed E-state index contributed by atoms with van der Waals surface area (Å²) in [4.78, 5) is 42.5. The Balaban J connectivity index is 2.37. The molecule has 1 aromatic heterocycles. The van der Waals surface area contributed by atoms with Crippen molar-refractivity contribution in [1.29, 1.82) is 0 Å². The molecular weight excluding hydrogens is 328 g/mol. The fourth-order valence-corrected chi connectivity index (χ4v) is 2.32. The Hall–Kier alpha value is -3.05. The lowest BCUT2D eigenvalue weighted by atomic mass is 10.2. The maximum absolute atomic E-state index is 12.2. The number of carbonyl (C=O) groups is 2. The number of carbonyl (C=O) groups excluding carboxylic acids is 2. The van der Waals surface area contributed by atoms with Crippen LogP contribution in [0.25, 0.3) is 0 Å². The molecule has 2 aromatic rings. The van der Waals surface area contributed by atoms with E-state index in [1.165, 1.54) is 6.92 Å². The number of amides is 2. The predicted molar refractivity (Wildman–Crippen MR) is 93.1 cm³/mol. The van der Waals surface area contributed by atoms with E-state index in [0.29, 0.717) is 11.3 Å². The molecule has 7 nitrogen and oxygen atoms in total. The molecule has 0 radical (unpaired) electrons. The second-order valence-corrected chi connectivity index (χ2v) is 5.55. The highest BCUT2D eigenvalue weighted by Crippen LogP contribution is 2.19. The van der Waals surface area contributed by atoms with Crippen LogP contribution in [0.4, 0.5) is 11.5 Å². The molecule has 0 atom stereocenters. The SMILES string of the molecule is C#CCSc1nc(NC(C)=O)c(NC(=O)c2ccccc2)c(=O)[nH]1. The van der Waals surface area contributed by atoms with Gasteiger partial charge in [0.1, 0.15) is 0 Å². The van der Waals surface area contributed by atoms with Gasteiger partial charge in [-0.25, -0.2) is 4.98 Å². The van der Waals surface area contributed by atoms with Crippen LogP contribution in [-0.4, -0.2) is 27.5 Å². The summed E-state index contributed by atoms with van der Waals surface area (Å²) in [5.74, 6) is 1.77. The summed E-state index contributed by atoms with van der Waals surface area (Å²) in [5, 5.41) is 5.16. The number of aromatic nitrogens is 2. The lowest BCUT2D eigenvalue weighted by Gasteiger charge is -2.11. The van der Waals surface area contributed by atoms with Crippen LogP contribution in [-0.2, 0) is 4.79 Å². The third-order valence-corrected chi connectivity index (χ3v) is 3.54. The van der Waals surface area contributed by atoms with Crippen molar-refractivity contribution in [3.8, 4) is 12.3 Å². The minimum atomic E-state index is -0.586. The van der Waals surface area contributed by atoms with Gasteiger partial charge in [-0.2, -0.15) is 0 Å². The van der Waals surface area contributed by atoms with Gasteiger partial charge in [0, 0.05) is 12.5 Å². The number of rotatable bonds is 5. The van der Waals surface area contributed by atoms with Crippen molar-refractivity contribution in [2.45, 2.75) is 12.1 Å². The molecule has 0 saturated carbocycles. The number of anilines is 2. The smallest absolute Gasteiger partial charge is 0.277 e. The van der Waals surface area contributed by atoms with Crippen LogP contribution >= 0.6 is 11.8 Å². The van der Waals surface area contributed by atoms with Crippen LogP contribution in [0.1, 0.15) is 17.3 Å². The van der Waals surface area contributed by atoms with Crippen LogP contribution in [0.5, 0.6) is 0 Å². The quantitative estimate of drug-likeness (QED) is 0.436. The van der Waals surface area contributed by atoms with E-state index in [2.05, 4.69) is 26.5 Å². The Morgan fingerprint density at radius 2 is 2.00 bits per heavy atom. The number of nitrogens with zero attached hydrogens (tertiary/aromatic N) is 1. The standard InChI is InChI=1S/C16H14N4O3S/c1-3-9-24-16-19-13(17-10(2)21)12(15(23)20-16)18-14(22)11-7-5-4-6-8-11/h1,4-8H,9H2,2H3,(H,18,22)(H2,17,19,20,21,23). The van der Waals surface area contributed by atoms with Gasteiger partial charge in [0.2, 0.25) is 5.91 Å². The molecule has 2 rings (SSSR count). The van der Waals surface area contributed by atoms with E-state index < -0.39 is 17.4 Å². The van der Waals surface area contributed by atoms with Crippen LogP contribution in [0, 0.1) is 12.3 Å². The van der Waals surface area contributed by atoms with E-state index in [1.807, 2.05) is 0 Å². The van der Waals surface area contributed by atoms with E-state index in [4.69, 9.17) is 6.42 Å². The first-order chi connectivity index (χ1) is 11.5. The molecule has 0 saturated heterocycles. The van der Waals surface area contributed by atoms with Gasteiger partial charge < -0.3 is 10.6 Å². The lowest BCUT2D eigenvalue weighted by Crippen LogP contribution is -2.24. The first-order valence-corrected chi connectivity index (χ1v) is 7.84. The molecule has 0 unspecified atom stereocenters. The summed E-state index contributed by atoms with van der Waals surface area (Å²) >= 11 is 1.13. The van der Waals surface area contributed by atoms with Crippen molar-refractivity contribution >= 4 is 35.1 Å². The fourth-order valence-electron chi connectivity index (χ4n) is 1.78. The number of thioether (sulfide) groups is 1. The third kappa shape index (κ3) is 4.47. The van der Waals surface area contributed by atoms with Crippen LogP contribution in [0.15, 0.2) is 40.3 Å². The number of hydrogen-bond acceptors (Lipinski definition) is 5. The molecule has 24 heavy (non-hydrogen) atoms. The van der Waals surface area contributed by atoms with Gasteiger partial charge in [-0.15, -0.1) is 6.42 Å². The van der Waals surface area contributed by atoms with E-state index in [9.17, 15) is 14.4 Å². The molecule has 0 bridgehead atoms. The molecule has 122 valence electrons. The average Bonchev–Trinajstić information content (AvgIpc) is 2.56. The van der Waals surface area contributed by atoms with Gasteiger partial charge in [-0.05, 0) is 12.1 Å². The Bertz CT molecular complexity index is 856. The van der Waals surface area contributed by atoms with Gasteiger partial charge in [-0.1, -0.05) is 35.9 Å². The van der Waals surface area contributed by atoms with Gasteiger partial charge in [-0.3, -0.25) is 19.4 Å². The molecule has 1 heterocycles. The number of terminal acetylenes is 1. The van der Waals surface area contributed by atoms with Gasteiger partial charge >= 0.3 is 0 Å². The molecule has 0 aliphatic heterocycles. The molecule has 1 aromatic carbocycles. The van der Waals surface area contributed by atoms with Crippen LogP contribution in [0.3, 0.4) is 0 Å². The predicted octanol–water partition coefficient (Wildman–Crippen LogP) is 1.71. The lowest BCUT2D eigenvalue weighted by molar-refractivity contribution is -0.114. The summed E-state index contributed by atoms with van der Waals surface area (Å²) in [6.07, 6.45) is 5.18. The van der Waals surface area contributed by atoms with Crippen molar-refractivity contribution in [2.24, 2.45) is 0 Å². The second-order valence-electron chi connectivity index (χ2n) is 4.59. The van der Waals surface area contributed by atoms with Crippen LogP contribution < -0.4 is 16.2 Å². The van der Waals surface area contributed by atoms with Gasteiger partial charge in [0.15, 0.2) is 16.7 Å². The molecular formula is C16H14N4O3S. The molecule has 3 N–H and O–H groups in total. The zero-order valence-electron chi connectivity index (χ0n) is 12.8. The Morgan fingerprint density at radius 3 is 2.62 bits per heavy atom. The molecule has 0 aliphatic rings. The number of nitrogens with one attached hydrogen (secondary N) is 3. The summed E-state index contributed by atoms with van der Waals surface area (Å²) in [7, 11) is 0. The normalized spacial score (nSPS) is 9.83. The minimum Gasteiger partial charge on any atom is -0.314 e. The molecule has 0 spiro atoms. The highest BCUT2D eigenvalue weighted by molar-refractivity contribution is 7.99. The fraction of sp³-hybridized carbons (Fsp3) is 0.125. The van der Waals surface area contributed by atoms with Crippen molar-refractivity contribution in [3.63, 3.8) is 0 Å². The zero-order chi connectivity index (χ0) is 17.5. The van der Waals surface area contributed by atoms with E-state index in [1.54, 1.807) is 30.3 Å². The molecule has 8 heteroatoms. The summed E-state index contributed by atoms with van der Waals surface area (Å²) < 4.78 is 0. The van der Waals surface area contributed by atoms with Crippen molar-refractivity contribution in [2.75, 3.05) is 16.4 Å². The Labute approximate surface area is 142 Å². The monoisotopic (exact) mass is 342 g/mol. The van der Waals surface area contributed by atoms with Gasteiger partial charge in [0.05, 0.1) is 5.75 Å². The van der Waals surface area contributed by atoms with Crippen molar-refractivity contribution < 1.29 is 9.59 Å². The summed E-state index contributed by atoms with van der Waals surface area (Å²) in [6.45, 7) is 1.28. The third-order valence-electron chi connectivity index (χ3n) is 2.76. The van der Waals surface area contributed by atoms with Crippen molar-refractivity contribution in [1.82, 2.24) is 9.97 Å². The summed E-state index contributed by atoms with van der Waals surface area (Å²) in [6, 6.07) is 8.38. The molecule has 0 fully saturated rings. The second kappa shape index (κ2) is 7.99. The topological polar surface area (TPSA) is 104 Å². The number of H-pyrrole nitrogens is 1. The highest BCUT2D eigenvalue weighted by atomic mass is 32.2.